The molecule has 0 saturated heterocycles. The first kappa shape index (κ1) is 19.4. The smallest absolute Gasteiger partial charge is 0.259 e. The number of hydrogen-bond acceptors (Lipinski definition) is 3. The molecule has 2 aromatic rings. The van der Waals surface area contributed by atoms with Crippen LogP contribution in [0, 0.1) is 0 Å². The van der Waals surface area contributed by atoms with Crippen LogP contribution in [-0.4, -0.2) is 18.7 Å². The number of nitrogens with zero attached hydrogens (tertiary/aromatic N) is 1. The predicted molar refractivity (Wildman–Crippen MR) is 110 cm³/mol. The van der Waals surface area contributed by atoms with Gasteiger partial charge in [-0.1, -0.05) is 74.4 Å². The van der Waals surface area contributed by atoms with Crippen LogP contribution in [0.15, 0.2) is 71.3 Å². The molecule has 136 valence electrons. The van der Waals surface area contributed by atoms with E-state index in [1.54, 1.807) is 6.21 Å². The van der Waals surface area contributed by atoms with E-state index in [1.165, 1.54) is 12.8 Å². The molecule has 1 amide bonds. The summed E-state index contributed by atoms with van der Waals surface area (Å²) < 4.78 is 0. The number of carbonyl (C=O) groups excluding carboxylic acids is 1. The van der Waals surface area contributed by atoms with E-state index in [4.69, 9.17) is 0 Å². The van der Waals surface area contributed by atoms with Gasteiger partial charge in [0, 0.05) is 5.69 Å². The van der Waals surface area contributed by atoms with E-state index in [1.807, 2.05) is 48.5 Å². The van der Waals surface area contributed by atoms with Crippen LogP contribution in [0.4, 0.5) is 5.69 Å². The zero-order valence-corrected chi connectivity index (χ0v) is 15.3. The molecule has 0 atom stereocenters. The maximum absolute atomic E-state index is 11.9. The number of para-hydroxylation sites is 1. The van der Waals surface area contributed by atoms with Gasteiger partial charge in [-0.15, -0.1) is 0 Å². The average molecular weight is 349 g/mol. The fourth-order valence-electron chi connectivity index (χ4n) is 2.48. The van der Waals surface area contributed by atoms with Crippen LogP contribution >= 0.6 is 0 Å². The van der Waals surface area contributed by atoms with Crippen molar-refractivity contribution in [3.8, 4) is 0 Å². The molecule has 0 aliphatic carbocycles. The number of hydrogen-bond donors (Lipinski definition) is 2. The molecular weight excluding hydrogens is 322 g/mol. The number of rotatable bonds is 10. The fourth-order valence-corrected chi connectivity index (χ4v) is 2.48. The van der Waals surface area contributed by atoms with E-state index >= 15 is 0 Å². The van der Waals surface area contributed by atoms with Gasteiger partial charge in [0.1, 0.15) is 0 Å². The lowest BCUT2D eigenvalue weighted by Gasteiger charge is -2.05. The van der Waals surface area contributed by atoms with Gasteiger partial charge in [-0.2, -0.15) is 5.10 Å². The van der Waals surface area contributed by atoms with Crippen LogP contribution in [-0.2, 0) is 4.79 Å². The molecule has 2 N–H and O–H groups in total. The van der Waals surface area contributed by atoms with Crippen molar-refractivity contribution in [2.75, 3.05) is 11.9 Å². The molecule has 0 aromatic heterocycles. The van der Waals surface area contributed by atoms with Crippen LogP contribution in [0.3, 0.4) is 0 Å². The quantitative estimate of drug-likeness (QED) is 0.365. The van der Waals surface area contributed by atoms with Gasteiger partial charge >= 0.3 is 0 Å². The molecule has 4 heteroatoms. The topological polar surface area (TPSA) is 53.5 Å². The number of hydrazone groups is 1. The molecule has 0 radical (unpaired) electrons. The number of nitrogens with one attached hydrogen (secondary N) is 2. The van der Waals surface area contributed by atoms with E-state index in [2.05, 4.69) is 41.0 Å². The molecule has 0 spiro atoms. The van der Waals surface area contributed by atoms with E-state index in [-0.39, 0.29) is 12.5 Å². The second kappa shape index (κ2) is 11.6. The highest BCUT2D eigenvalue weighted by atomic mass is 16.2. The zero-order valence-electron chi connectivity index (χ0n) is 15.3. The Morgan fingerprint density at radius 3 is 2.38 bits per heavy atom. The summed E-state index contributed by atoms with van der Waals surface area (Å²) in [5, 5.41) is 7.19. The molecule has 26 heavy (non-hydrogen) atoms. The lowest BCUT2D eigenvalue weighted by atomic mass is 10.1. The Morgan fingerprint density at radius 2 is 1.69 bits per heavy atom. The summed E-state index contributed by atoms with van der Waals surface area (Å²) >= 11 is 0. The third kappa shape index (κ3) is 7.79. The average Bonchev–Trinajstić information content (AvgIpc) is 2.68. The summed E-state index contributed by atoms with van der Waals surface area (Å²) in [6.07, 6.45) is 8.30. The van der Waals surface area contributed by atoms with Crippen molar-refractivity contribution in [3.63, 3.8) is 0 Å². The van der Waals surface area contributed by atoms with Gasteiger partial charge in [0.25, 0.3) is 5.91 Å². The molecule has 0 aliphatic rings. The van der Waals surface area contributed by atoms with Crippen molar-refractivity contribution in [2.45, 2.75) is 32.6 Å². The van der Waals surface area contributed by atoms with Gasteiger partial charge in [-0.05, 0) is 36.1 Å². The Morgan fingerprint density at radius 1 is 1.00 bits per heavy atom. The summed E-state index contributed by atoms with van der Waals surface area (Å²) in [5.74, 6) is -0.169. The van der Waals surface area contributed by atoms with Crippen LogP contribution in [0.2, 0.25) is 0 Å². The second-order valence-electron chi connectivity index (χ2n) is 6.10. The van der Waals surface area contributed by atoms with Crippen LogP contribution in [0.1, 0.15) is 38.2 Å². The van der Waals surface area contributed by atoms with E-state index in [0.29, 0.717) is 0 Å². The third-order valence-electron chi connectivity index (χ3n) is 3.87. The zero-order chi connectivity index (χ0) is 18.5. The molecule has 2 rings (SSSR count). The number of benzene rings is 2. The Hall–Kier alpha value is -2.88. The minimum absolute atomic E-state index is 0.169. The SMILES string of the molecule is CCCCCC(/C=N/NC(=O)CNc1ccccc1)=C\c1ccccc1. The third-order valence-corrected chi connectivity index (χ3v) is 3.87. The van der Waals surface area contributed by atoms with Crippen LogP contribution in [0.5, 0.6) is 0 Å². The number of amides is 1. The molecular formula is C22H27N3O. The first-order valence-corrected chi connectivity index (χ1v) is 9.14. The monoisotopic (exact) mass is 349 g/mol. The summed E-state index contributed by atoms with van der Waals surface area (Å²) in [6, 6.07) is 19.8. The van der Waals surface area contributed by atoms with Crippen molar-refractivity contribution >= 4 is 23.9 Å². The Labute approximate surface area is 156 Å². The largest absolute Gasteiger partial charge is 0.376 e. The molecule has 4 nitrogen and oxygen atoms in total. The lowest BCUT2D eigenvalue weighted by molar-refractivity contribution is -0.119. The highest BCUT2D eigenvalue weighted by Gasteiger charge is 2.00. The Balaban J connectivity index is 1.87. The second-order valence-corrected chi connectivity index (χ2v) is 6.10. The van der Waals surface area contributed by atoms with Crippen molar-refractivity contribution in [2.24, 2.45) is 5.10 Å². The van der Waals surface area contributed by atoms with Gasteiger partial charge in [-0.25, -0.2) is 5.43 Å². The van der Waals surface area contributed by atoms with E-state index < -0.39 is 0 Å². The molecule has 0 bridgehead atoms. The summed E-state index contributed by atoms with van der Waals surface area (Å²) in [6.45, 7) is 2.38. The maximum atomic E-state index is 11.9. The van der Waals surface area contributed by atoms with Gasteiger partial charge in [0.15, 0.2) is 0 Å². The number of anilines is 1. The number of unbranched alkanes of at least 4 members (excludes halogenated alkanes) is 2. The maximum Gasteiger partial charge on any atom is 0.259 e. The van der Waals surface area contributed by atoms with E-state index in [0.717, 1.165) is 29.7 Å². The fraction of sp³-hybridized carbons (Fsp3) is 0.273. The minimum Gasteiger partial charge on any atom is -0.376 e. The standard InChI is InChI=1S/C22H27N3O/c1-2-3-6-13-20(16-19-11-7-4-8-12-19)17-24-25-22(26)18-23-21-14-9-5-10-15-21/h4-5,7-12,14-17,23H,2-3,6,13,18H2,1H3,(H,25,26)/b20-16+,24-17+. The molecule has 2 aromatic carbocycles. The number of carbonyl (C=O) groups is 1. The lowest BCUT2D eigenvalue weighted by Crippen LogP contribution is -2.25. The first-order chi connectivity index (χ1) is 12.8. The van der Waals surface area contributed by atoms with Gasteiger partial charge in [-0.3, -0.25) is 4.79 Å². The van der Waals surface area contributed by atoms with Gasteiger partial charge < -0.3 is 5.32 Å². The highest BCUT2D eigenvalue weighted by Crippen LogP contribution is 2.12. The first-order valence-electron chi connectivity index (χ1n) is 9.14. The number of allylic oxidation sites excluding steroid dienone is 1. The highest BCUT2D eigenvalue weighted by molar-refractivity contribution is 5.87. The molecule has 0 saturated carbocycles. The van der Waals surface area contributed by atoms with Crippen molar-refractivity contribution in [1.29, 1.82) is 0 Å². The summed E-state index contributed by atoms with van der Waals surface area (Å²) in [5.41, 5.74) is 5.75. The van der Waals surface area contributed by atoms with Crippen molar-refractivity contribution < 1.29 is 4.79 Å². The van der Waals surface area contributed by atoms with Crippen LogP contribution in [0.25, 0.3) is 6.08 Å². The Bertz CT molecular complexity index is 709. The minimum atomic E-state index is -0.169. The summed E-state index contributed by atoms with van der Waals surface area (Å²) in [7, 11) is 0. The summed E-state index contributed by atoms with van der Waals surface area (Å²) in [4.78, 5) is 11.9. The molecule has 0 unspecified atom stereocenters. The predicted octanol–water partition coefficient (Wildman–Crippen LogP) is 4.86. The van der Waals surface area contributed by atoms with E-state index in [9.17, 15) is 4.79 Å². The molecule has 0 aliphatic heterocycles. The molecule has 0 heterocycles. The Kier molecular flexibility index (Phi) is 8.70. The molecule has 0 fully saturated rings. The van der Waals surface area contributed by atoms with Crippen LogP contribution < -0.4 is 10.7 Å². The normalized spacial score (nSPS) is 11.5. The van der Waals surface area contributed by atoms with Gasteiger partial charge in [0.2, 0.25) is 0 Å². The van der Waals surface area contributed by atoms with Crippen molar-refractivity contribution in [1.82, 2.24) is 5.43 Å². The van der Waals surface area contributed by atoms with Crippen molar-refractivity contribution in [3.05, 3.63) is 71.8 Å². The van der Waals surface area contributed by atoms with Gasteiger partial charge in [0.05, 0.1) is 12.8 Å².